The quantitative estimate of drug-likeness (QED) is 0.113. The van der Waals surface area contributed by atoms with Gasteiger partial charge in [0.1, 0.15) is 0 Å². The molecule has 0 unspecified atom stereocenters. The normalized spacial score (nSPS) is 10.0. The summed E-state index contributed by atoms with van der Waals surface area (Å²) >= 11 is 0. The molecule has 0 aromatic heterocycles. The summed E-state index contributed by atoms with van der Waals surface area (Å²) in [4.78, 5) is 21.5. The van der Waals surface area contributed by atoms with Gasteiger partial charge < -0.3 is 21.3 Å². The van der Waals surface area contributed by atoms with E-state index >= 15 is 0 Å². The van der Waals surface area contributed by atoms with Crippen LogP contribution in [0.4, 0.5) is 0 Å². The number of rotatable bonds is 18. The van der Waals surface area contributed by atoms with Crippen LogP contribution in [0.2, 0.25) is 0 Å². The third-order valence-corrected chi connectivity index (χ3v) is 4.30. The number of hydrogen-bond donors (Lipinski definition) is 4. The number of ether oxygens (including phenoxy) is 1. The van der Waals surface area contributed by atoms with Gasteiger partial charge in [-0.25, -0.2) is 0 Å². The van der Waals surface area contributed by atoms with E-state index in [1.165, 1.54) is 77.0 Å². The fraction of sp³-hybridized carbons (Fsp3) is 0.857. The molecule has 0 saturated carbocycles. The lowest BCUT2D eigenvalue weighted by Crippen LogP contribution is -2.20. The molecule has 0 rings (SSSR count). The topological polar surface area (TPSA) is 139 Å². The molecule has 0 atom stereocenters. The molecular formula is C21H43N3O4. The summed E-state index contributed by atoms with van der Waals surface area (Å²) < 4.78 is 5.00. The number of carboxylic acid groups (broad SMARTS) is 1. The second-order valence-electron chi connectivity index (χ2n) is 7.17. The fourth-order valence-electron chi connectivity index (χ4n) is 2.76. The Hall–Kier alpha value is -1.79. The zero-order valence-electron chi connectivity index (χ0n) is 17.8. The molecule has 0 aliphatic rings. The third kappa shape index (κ3) is 31.9. The standard InChI is InChI=1S/C20H38O4.CH5N3/c1-2-3-4-5-6-7-8-9-10-11-12-13-14-15-18-24-20(23)17-16-19(21)22;2-1(3)4/h2-18H2,1H3,(H,21,22);(H5,2,3,4). The maximum absolute atomic E-state index is 11.2. The van der Waals surface area contributed by atoms with Gasteiger partial charge in [-0.15, -0.1) is 0 Å². The average molecular weight is 402 g/mol. The highest BCUT2D eigenvalue weighted by Crippen LogP contribution is 2.13. The van der Waals surface area contributed by atoms with Gasteiger partial charge in [0.05, 0.1) is 19.4 Å². The SMILES string of the molecule is CCCCCCCCCCCCCCCCOC(=O)CCC(=O)O.N=C(N)N. The van der Waals surface area contributed by atoms with E-state index in [-0.39, 0.29) is 18.8 Å². The van der Waals surface area contributed by atoms with E-state index in [2.05, 4.69) is 18.4 Å². The van der Waals surface area contributed by atoms with E-state index in [9.17, 15) is 9.59 Å². The molecule has 28 heavy (non-hydrogen) atoms. The zero-order chi connectivity index (χ0) is 21.5. The largest absolute Gasteiger partial charge is 0.481 e. The third-order valence-electron chi connectivity index (χ3n) is 4.30. The first-order valence-corrected chi connectivity index (χ1v) is 10.9. The molecule has 7 heteroatoms. The first-order valence-electron chi connectivity index (χ1n) is 10.9. The number of esters is 1. The van der Waals surface area contributed by atoms with E-state index in [0.29, 0.717) is 6.61 Å². The van der Waals surface area contributed by atoms with Crippen LogP contribution in [0.15, 0.2) is 0 Å². The Balaban J connectivity index is 0. The minimum atomic E-state index is -0.955. The smallest absolute Gasteiger partial charge is 0.306 e. The van der Waals surface area contributed by atoms with Gasteiger partial charge in [0.15, 0.2) is 5.96 Å². The Morgan fingerprint density at radius 1 is 0.750 bits per heavy atom. The lowest BCUT2D eigenvalue weighted by molar-refractivity contribution is -0.147. The van der Waals surface area contributed by atoms with Crippen molar-refractivity contribution in [3.8, 4) is 0 Å². The minimum Gasteiger partial charge on any atom is -0.481 e. The van der Waals surface area contributed by atoms with Crippen LogP contribution in [0.25, 0.3) is 0 Å². The van der Waals surface area contributed by atoms with Gasteiger partial charge in [0.2, 0.25) is 0 Å². The number of hydrogen-bond acceptors (Lipinski definition) is 4. The maximum atomic E-state index is 11.2. The molecule has 0 heterocycles. The second-order valence-corrected chi connectivity index (χ2v) is 7.17. The Bertz CT molecular complexity index is 386. The number of carbonyl (C=O) groups excluding carboxylic acids is 1. The van der Waals surface area contributed by atoms with Crippen molar-refractivity contribution in [3.63, 3.8) is 0 Å². The van der Waals surface area contributed by atoms with Crippen molar-refractivity contribution >= 4 is 17.9 Å². The number of aliphatic carboxylic acids is 1. The van der Waals surface area contributed by atoms with E-state index in [0.717, 1.165) is 12.8 Å². The van der Waals surface area contributed by atoms with E-state index in [4.69, 9.17) is 15.3 Å². The van der Waals surface area contributed by atoms with Crippen LogP contribution in [-0.4, -0.2) is 29.6 Å². The van der Waals surface area contributed by atoms with Gasteiger partial charge in [-0.05, 0) is 6.42 Å². The van der Waals surface area contributed by atoms with Crippen molar-refractivity contribution in [3.05, 3.63) is 0 Å². The van der Waals surface area contributed by atoms with Gasteiger partial charge in [-0.1, -0.05) is 90.4 Å². The fourth-order valence-corrected chi connectivity index (χ4v) is 2.76. The van der Waals surface area contributed by atoms with Crippen molar-refractivity contribution in [1.29, 1.82) is 5.41 Å². The van der Waals surface area contributed by atoms with E-state index in [1.54, 1.807) is 0 Å². The molecule has 0 aromatic carbocycles. The van der Waals surface area contributed by atoms with Crippen molar-refractivity contribution < 1.29 is 19.4 Å². The van der Waals surface area contributed by atoms with Gasteiger partial charge in [-0.2, -0.15) is 0 Å². The average Bonchev–Trinajstić information content (AvgIpc) is 2.62. The Labute approximate surface area is 171 Å². The maximum Gasteiger partial charge on any atom is 0.306 e. The van der Waals surface area contributed by atoms with Crippen molar-refractivity contribution in [1.82, 2.24) is 0 Å². The summed E-state index contributed by atoms with van der Waals surface area (Å²) in [5.74, 6) is -1.68. The number of guanidine groups is 1. The molecule has 0 aromatic rings. The number of nitrogens with one attached hydrogen (secondary N) is 1. The van der Waals surface area contributed by atoms with Crippen molar-refractivity contribution in [2.45, 2.75) is 110 Å². The molecular weight excluding hydrogens is 358 g/mol. The highest BCUT2D eigenvalue weighted by Gasteiger charge is 2.05. The van der Waals surface area contributed by atoms with Crippen molar-refractivity contribution in [2.75, 3.05) is 6.61 Å². The number of carbonyl (C=O) groups is 2. The predicted molar refractivity (Wildman–Crippen MR) is 114 cm³/mol. The molecule has 0 aliphatic carbocycles. The lowest BCUT2D eigenvalue weighted by atomic mass is 10.0. The first kappa shape index (κ1) is 28.4. The first-order chi connectivity index (χ1) is 13.4. The van der Waals surface area contributed by atoms with Crippen LogP contribution in [0, 0.1) is 5.41 Å². The van der Waals surface area contributed by atoms with Gasteiger partial charge >= 0.3 is 11.9 Å². The van der Waals surface area contributed by atoms with E-state index in [1.807, 2.05) is 0 Å². The summed E-state index contributed by atoms with van der Waals surface area (Å²) in [5, 5.41) is 14.5. The monoisotopic (exact) mass is 401 g/mol. The van der Waals surface area contributed by atoms with Gasteiger partial charge in [-0.3, -0.25) is 15.0 Å². The van der Waals surface area contributed by atoms with Crippen LogP contribution >= 0.6 is 0 Å². The Morgan fingerprint density at radius 2 is 1.11 bits per heavy atom. The highest BCUT2D eigenvalue weighted by atomic mass is 16.5. The molecule has 6 N–H and O–H groups in total. The van der Waals surface area contributed by atoms with Crippen LogP contribution < -0.4 is 11.5 Å². The number of unbranched alkanes of at least 4 members (excludes halogenated alkanes) is 13. The Morgan fingerprint density at radius 3 is 1.46 bits per heavy atom. The lowest BCUT2D eigenvalue weighted by Gasteiger charge is -2.04. The predicted octanol–water partition coefficient (Wildman–Crippen LogP) is 4.71. The summed E-state index contributed by atoms with van der Waals surface area (Å²) in [5.41, 5.74) is 8.94. The summed E-state index contributed by atoms with van der Waals surface area (Å²) in [6.45, 7) is 2.69. The zero-order valence-corrected chi connectivity index (χ0v) is 17.8. The summed E-state index contributed by atoms with van der Waals surface area (Å²) in [6.07, 6.45) is 18.0. The number of carboxylic acids is 1. The van der Waals surface area contributed by atoms with Gasteiger partial charge in [0, 0.05) is 0 Å². The molecule has 0 bridgehead atoms. The Kier molecular flexibility index (Phi) is 23.6. The molecule has 0 aliphatic heterocycles. The molecule has 0 saturated heterocycles. The van der Waals surface area contributed by atoms with Crippen LogP contribution in [-0.2, 0) is 14.3 Å². The minimum absolute atomic E-state index is 0.0199. The van der Waals surface area contributed by atoms with Crippen molar-refractivity contribution in [2.24, 2.45) is 11.5 Å². The molecule has 0 amide bonds. The molecule has 0 spiro atoms. The molecule has 7 nitrogen and oxygen atoms in total. The molecule has 0 radical (unpaired) electrons. The van der Waals surface area contributed by atoms with E-state index < -0.39 is 11.9 Å². The summed E-state index contributed by atoms with van der Waals surface area (Å²) in [6, 6.07) is 0. The van der Waals surface area contributed by atoms with Gasteiger partial charge in [0.25, 0.3) is 0 Å². The molecule has 0 fully saturated rings. The van der Waals surface area contributed by atoms with Crippen LogP contribution in [0.3, 0.4) is 0 Å². The molecule has 166 valence electrons. The van der Waals surface area contributed by atoms with Crippen LogP contribution in [0.5, 0.6) is 0 Å². The summed E-state index contributed by atoms with van der Waals surface area (Å²) in [7, 11) is 0. The van der Waals surface area contributed by atoms with Crippen LogP contribution in [0.1, 0.15) is 110 Å². The second kappa shape index (κ2) is 23.2. The number of nitrogens with two attached hydrogens (primary N) is 2. The highest BCUT2D eigenvalue weighted by molar-refractivity contribution is 5.76.